The second-order valence-electron chi connectivity index (χ2n) is 5.67. The molecule has 1 N–H and O–H groups in total. The highest BCUT2D eigenvalue weighted by molar-refractivity contribution is 7.89. The molecule has 1 heterocycles. The summed E-state index contributed by atoms with van der Waals surface area (Å²) in [5, 5.41) is 14.9. The molecular formula is C18H22N4O2S2. The van der Waals surface area contributed by atoms with E-state index in [9.17, 15) is 13.7 Å². The smallest absolute Gasteiger partial charge is 0.243 e. The molecule has 0 aliphatic heterocycles. The number of aromatic nitrogens is 1. The van der Waals surface area contributed by atoms with Crippen molar-refractivity contribution in [3.63, 3.8) is 0 Å². The van der Waals surface area contributed by atoms with E-state index in [1.165, 1.54) is 15.6 Å². The Kier molecular flexibility index (Phi) is 6.53. The first-order valence-electron chi connectivity index (χ1n) is 8.23. The number of rotatable bonds is 7. The quantitative estimate of drug-likeness (QED) is 0.727. The second-order valence-corrected chi connectivity index (χ2v) is 8.47. The molecular weight excluding hydrogens is 368 g/mol. The lowest BCUT2D eigenvalue weighted by atomic mass is 10.2. The molecule has 0 bridgehead atoms. The second kappa shape index (κ2) is 8.45. The Morgan fingerprint density at radius 2 is 2.04 bits per heavy atom. The zero-order chi connectivity index (χ0) is 19.3. The van der Waals surface area contributed by atoms with Gasteiger partial charge >= 0.3 is 0 Å². The molecule has 1 aromatic carbocycles. The standard InChI is InChI=1S/C18H22N4O2S2/c1-5-22(6-2)26(23,24)16-8-7-13(3)17(9-16)20-11-15(10-19)18-21-14(4)12-25-18/h7-9,11-12,20H,5-6H2,1-4H3/b15-11+. The molecule has 0 fully saturated rings. The van der Waals surface area contributed by atoms with Gasteiger partial charge in [0, 0.05) is 36.1 Å². The molecule has 0 saturated heterocycles. The van der Waals surface area contributed by atoms with Gasteiger partial charge in [0.05, 0.1) is 4.90 Å². The summed E-state index contributed by atoms with van der Waals surface area (Å²) in [4.78, 5) is 4.53. The number of aryl methyl sites for hydroxylation is 2. The number of nitrogens with zero attached hydrogens (tertiary/aromatic N) is 3. The van der Waals surface area contributed by atoms with E-state index in [2.05, 4.69) is 16.4 Å². The molecule has 6 nitrogen and oxygen atoms in total. The van der Waals surface area contributed by atoms with Crippen molar-refractivity contribution >= 4 is 32.6 Å². The maximum Gasteiger partial charge on any atom is 0.243 e. The van der Waals surface area contributed by atoms with Crippen LogP contribution in [0.2, 0.25) is 0 Å². The van der Waals surface area contributed by atoms with E-state index < -0.39 is 10.0 Å². The minimum Gasteiger partial charge on any atom is -0.360 e. The van der Waals surface area contributed by atoms with E-state index >= 15 is 0 Å². The molecule has 0 atom stereocenters. The predicted octanol–water partition coefficient (Wildman–Crippen LogP) is 3.77. The minimum absolute atomic E-state index is 0.228. The number of nitriles is 1. The first kappa shape index (κ1) is 20.1. The van der Waals surface area contributed by atoms with Gasteiger partial charge in [-0.15, -0.1) is 11.3 Å². The van der Waals surface area contributed by atoms with Gasteiger partial charge in [-0.3, -0.25) is 0 Å². The maximum absolute atomic E-state index is 12.7. The number of thiazole rings is 1. The molecule has 0 spiro atoms. The Morgan fingerprint density at radius 3 is 2.58 bits per heavy atom. The van der Waals surface area contributed by atoms with Crippen LogP contribution in [0.4, 0.5) is 5.69 Å². The van der Waals surface area contributed by atoms with Crippen molar-refractivity contribution in [3.05, 3.63) is 46.0 Å². The van der Waals surface area contributed by atoms with E-state index in [4.69, 9.17) is 0 Å². The van der Waals surface area contributed by atoms with Crippen LogP contribution in [0.1, 0.15) is 30.1 Å². The summed E-state index contributed by atoms with van der Waals surface area (Å²) >= 11 is 1.39. The monoisotopic (exact) mass is 390 g/mol. The van der Waals surface area contributed by atoms with Crippen LogP contribution in [-0.2, 0) is 10.0 Å². The van der Waals surface area contributed by atoms with Crippen LogP contribution < -0.4 is 5.32 Å². The van der Waals surface area contributed by atoms with Crippen LogP contribution in [0.3, 0.4) is 0 Å². The fraction of sp³-hybridized carbons (Fsp3) is 0.333. The normalized spacial score (nSPS) is 12.2. The fourth-order valence-electron chi connectivity index (χ4n) is 2.40. The summed E-state index contributed by atoms with van der Waals surface area (Å²) in [6.45, 7) is 8.20. The Hall–Kier alpha value is -2.21. The summed E-state index contributed by atoms with van der Waals surface area (Å²) in [7, 11) is -3.54. The molecule has 0 aliphatic rings. The maximum atomic E-state index is 12.7. The van der Waals surface area contributed by atoms with Crippen LogP contribution in [0.25, 0.3) is 5.57 Å². The van der Waals surface area contributed by atoms with E-state index in [1.54, 1.807) is 24.4 Å². The van der Waals surface area contributed by atoms with Crippen molar-refractivity contribution in [3.8, 4) is 6.07 Å². The Bertz CT molecular complexity index is 952. The minimum atomic E-state index is -3.54. The number of hydrogen-bond acceptors (Lipinski definition) is 6. The van der Waals surface area contributed by atoms with Crippen molar-refractivity contribution in [1.29, 1.82) is 5.26 Å². The van der Waals surface area contributed by atoms with Crippen LogP contribution in [0, 0.1) is 25.2 Å². The van der Waals surface area contributed by atoms with Gasteiger partial charge in [0.2, 0.25) is 10.0 Å². The Morgan fingerprint density at radius 1 is 1.35 bits per heavy atom. The molecule has 2 rings (SSSR count). The van der Waals surface area contributed by atoms with Crippen LogP contribution in [0.15, 0.2) is 34.7 Å². The number of benzene rings is 1. The van der Waals surface area contributed by atoms with E-state index in [0.717, 1.165) is 11.3 Å². The largest absolute Gasteiger partial charge is 0.360 e. The van der Waals surface area contributed by atoms with Crippen molar-refractivity contribution in [2.45, 2.75) is 32.6 Å². The van der Waals surface area contributed by atoms with Gasteiger partial charge < -0.3 is 5.32 Å². The molecule has 8 heteroatoms. The van der Waals surface area contributed by atoms with E-state index in [1.807, 2.05) is 33.1 Å². The average Bonchev–Trinajstić information content (AvgIpc) is 3.04. The first-order valence-corrected chi connectivity index (χ1v) is 10.6. The number of hydrogen-bond donors (Lipinski definition) is 1. The van der Waals surface area contributed by atoms with Crippen LogP contribution in [0.5, 0.6) is 0 Å². The Labute approximate surface area is 158 Å². The third kappa shape index (κ3) is 4.30. The Balaban J connectivity index is 2.36. The van der Waals surface area contributed by atoms with Crippen molar-refractivity contribution in [1.82, 2.24) is 9.29 Å². The third-order valence-electron chi connectivity index (χ3n) is 3.89. The molecule has 2 aromatic rings. The van der Waals surface area contributed by atoms with Crippen LogP contribution in [-0.4, -0.2) is 30.8 Å². The van der Waals surface area contributed by atoms with Gasteiger partial charge in [-0.25, -0.2) is 13.4 Å². The summed E-state index contributed by atoms with van der Waals surface area (Å²) in [5.41, 5.74) is 2.78. The number of nitrogens with one attached hydrogen (secondary N) is 1. The van der Waals surface area contributed by atoms with Gasteiger partial charge in [-0.05, 0) is 31.5 Å². The molecule has 0 radical (unpaired) electrons. The van der Waals surface area contributed by atoms with Gasteiger partial charge in [0.1, 0.15) is 16.6 Å². The van der Waals surface area contributed by atoms with Gasteiger partial charge in [0.15, 0.2) is 0 Å². The molecule has 138 valence electrons. The summed E-state index contributed by atoms with van der Waals surface area (Å²) in [5.74, 6) is 0. The van der Waals surface area contributed by atoms with Crippen molar-refractivity contribution < 1.29 is 8.42 Å². The summed E-state index contributed by atoms with van der Waals surface area (Å²) in [6.07, 6.45) is 1.56. The fourth-order valence-corrected chi connectivity index (χ4v) is 4.65. The lowest BCUT2D eigenvalue weighted by Crippen LogP contribution is -2.30. The third-order valence-corrected chi connectivity index (χ3v) is 6.93. The molecule has 26 heavy (non-hydrogen) atoms. The van der Waals surface area contributed by atoms with Crippen LogP contribution >= 0.6 is 11.3 Å². The number of anilines is 1. The van der Waals surface area contributed by atoms with E-state index in [-0.39, 0.29) is 4.90 Å². The molecule has 0 saturated carbocycles. The summed E-state index contributed by atoms with van der Waals surface area (Å²) < 4.78 is 26.8. The molecule has 0 aliphatic carbocycles. The topological polar surface area (TPSA) is 86.1 Å². The average molecular weight is 391 g/mol. The van der Waals surface area contributed by atoms with Gasteiger partial charge in [-0.2, -0.15) is 9.57 Å². The zero-order valence-corrected chi connectivity index (χ0v) is 16.9. The van der Waals surface area contributed by atoms with Crippen molar-refractivity contribution in [2.75, 3.05) is 18.4 Å². The molecule has 1 aromatic heterocycles. The predicted molar refractivity (Wildman–Crippen MR) is 105 cm³/mol. The lowest BCUT2D eigenvalue weighted by molar-refractivity contribution is 0.445. The molecule has 0 amide bonds. The molecule has 0 unspecified atom stereocenters. The van der Waals surface area contributed by atoms with E-state index in [0.29, 0.717) is 29.4 Å². The van der Waals surface area contributed by atoms with Crippen molar-refractivity contribution in [2.24, 2.45) is 0 Å². The zero-order valence-electron chi connectivity index (χ0n) is 15.3. The van der Waals surface area contributed by atoms with Gasteiger partial charge in [0.25, 0.3) is 0 Å². The highest BCUT2D eigenvalue weighted by Gasteiger charge is 2.22. The highest BCUT2D eigenvalue weighted by atomic mass is 32.2. The number of sulfonamides is 1. The highest BCUT2D eigenvalue weighted by Crippen LogP contribution is 2.24. The van der Waals surface area contributed by atoms with Gasteiger partial charge in [-0.1, -0.05) is 19.9 Å². The summed E-state index contributed by atoms with van der Waals surface area (Å²) in [6, 6.07) is 7.08. The SMILES string of the molecule is CCN(CC)S(=O)(=O)c1ccc(C)c(N/C=C(\C#N)c2nc(C)cs2)c1. The first-order chi connectivity index (χ1) is 12.3. The lowest BCUT2D eigenvalue weighted by Gasteiger charge is -2.19. The number of allylic oxidation sites excluding steroid dienone is 1.